The second-order valence-electron chi connectivity index (χ2n) is 4.65. The highest BCUT2D eigenvalue weighted by molar-refractivity contribution is 5.83. The lowest BCUT2D eigenvalue weighted by atomic mass is 9.99. The summed E-state index contributed by atoms with van der Waals surface area (Å²) in [5, 5.41) is 6.64. The van der Waals surface area contributed by atoms with Crippen molar-refractivity contribution in [2.45, 2.75) is 6.04 Å². The zero-order valence-electron chi connectivity index (χ0n) is 10.7. The number of hydrogen-bond donors (Lipinski definition) is 2. The molecule has 3 rings (SSSR count). The molecule has 0 aliphatic carbocycles. The molecule has 0 aliphatic rings. The molecule has 1 aromatic heterocycles. The van der Waals surface area contributed by atoms with Crippen molar-refractivity contribution in [3.8, 4) is 0 Å². The summed E-state index contributed by atoms with van der Waals surface area (Å²) in [4.78, 5) is 0. The van der Waals surface area contributed by atoms with Crippen LogP contribution in [0.3, 0.4) is 0 Å². The van der Waals surface area contributed by atoms with Gasteiger partial charge in [0.25, 0.3) is 0 Å². The molecule has 1 atom stereocenters. The highest BCUT2D eigenvalue weighted by Crippen LogP contribution is 2.24. The predicted molar refractivity (Wildman–Crippen MR) is 76.3 cm³/mol. The lowest BCUT2D eigenvalue weighted by Gasteiger charge is -2.15. The fraction of sp³-hybridized carbons (Fsp3) is 0.133. The largest absolute Gasteiger partial charge is 0.275 e. The maximum absolute atomic E-state index is 5.70. The summed E-state index contributed by atoms with van der Waals surface area (Å²) in [6, 6.07) is 14.6. The standard InChI is InChI=1S/C15H16N4/c1-19-10-14(9-17-19)15(18-16)13-7-6-11-4-2-3-5-12(11)8-13/h2-10,15,18H,16H2,1H3. The Morgan fingerprint density at radius 3 is 2.58 bits per heavy atom. The Morgan fingerprint density at radius 1 is 1.11 bits per heavy atom. The van der Waals surface area contributed by atoms with Gasteiger partial charge in [-0.3, -0.25) is 10.5 Å². The summed E-state index contributed by atoms with van der Waals surface area (Å²) < 4.78 is 1.78. The average Bonchev–Trinajstić information content (AvgIpc) is 2.86. The predicted octanol–water partition coefficient (Wildman–Crippen LogP) is 2.13. The van der Waals surface area contributed by atoms with E-state index in [0.29, 0.717) is 0 Å². The van der Waals surface area contributed by atoms with Gasteiger partial charge in [-0.15, -0.1) is 0 Å². The Morgan fingerprint density at radius 2 is 1.89 bits per heavy atom. The molecule has 0 fully saturated rings. The van der Waals surface area contributed by atoms with E-state index in [1.54, 1.807) is 4.68 Å². The lowest BCUT2D eigenvalue weighted by molar-refractivity contribution is 0.636. The molecule has 0 saturated heterocycles. The first-order valence-corrected chi connectivity index (χ1v) is 6.21. The van der Waals surface area contributed by atoms with Crippen molar-refractivity contribution in [2.24, 2.45) is 12.9 Å². The Balaban J connectivity index is 2.06. The number of fused-ring (bicyclic) bond motifs is 1. The number of benzene rings is 2. The van der Waals surface area contributed by atoms with Crippen molar-refractivity contribution >= 4 is 10.8 Å². The first-order chi connectivity index (χ1) is 9.28. The van der Waals surface area contributed by atoms with Crippen LogP contribution in [-0.4, -0.2) is 9.78 Å². The van der Waals surface area contributed by atoms with Crippen molar-refractivity contribution in [1.29, 1.82) is 0 Å². The smallest absolute Gasteiger partial charge is 0.0740 e. The van der Waals surface area contributed by atoms with Crippen LogP contribution in [0.2, 0.25) is 0 Å². The van der Waals surface area contributed by atoms with Gasteiger partial charge in [-0.2, -0.15) is 5.10 Å². The fourth-order valence-corrected chi connectivity index (χ4v) is 2.36. The number of aromatic nitrogens is 2. The lowest BCUT2D eigenvalue weighted by Crippen LogP contribution is -2.28. The van der Waals surface area contributed by atoms with Gasteiger partial charge in [-0.05, 0) is 22.4 Å². The van der Waals surface area contributed by atoms with Crippen molar-refractivity contribution in [3.63, 3.8) is 0 Å². The van der Waals surface area contributed by atoms with Gasteiger partial charge < -0.3 is 0 Å². The summed E-state index contributed by atoms with van der Waals surface area (Å²) in [7, 11) is 1.90. The molecule has 0 aliphatic heterocycles. The third-order valence-electron chi connectivity index (χ3n) is 3.33. The molecule has 0 bridgehead atoms. The highest BCUT2D eigenvalue weighted by atomic mass is 15.3. The third-order valence-corrected chi connectivity index (χ3v) is 3.33. The van der Waals surface area contributed by atoms with E-state index in [0.717, 1.165) is 11.1 Å². The van der Waals surface area contributed by atoms with Crippen LogP contribution in [0.4, 0.5) is 0 Å². The third kappa shape index (κ3) is 2.23. The van der Waals surface area contributed by atoms with Gasteiger partial charge in [0.05, 0.1) is 12.2 Å². The van der Waals surface area contributed by atoms with Gasteiger partial charge in [-0.25, -0.2) is 5.43 Å². The molecule has 3 aromatic rings. The van der Waals surface area contributed by atoms with E-state index >= 15 is 0 Å². The molecule has 1 heterocycles. The van der Waals surface area contributed by atoms with Crippen LogP contribution >= 0.6 is 0 Å². The van der Waals surface area contributed by atoms with Crippen LogP contribution < -0.4 is 11.3 Å². The maximum Gasteiger partial charge on any atom is 0.0740 e. The molecule has 3 N–H and O–H groups in total. The number of nitrogens with two attached hydrogens (primary N) is 1. The van der Waals surface area contributed by atoms with Crippen molar-refractivity contribution in [2.75, 3.05) is 0 Å². The zero-order valence-corrected chi connectivity index (χ0v) is 10.7. The van der Waals surface area contributed by atoms with E-state index in [9.17, 15) is 0 Å². The topological polar surface area (TPSA) is 55.9 Å². The summed E-state index contributed by atoms with van der Waals surface area (Å²) in [6.45, 7) is 0. The summed E-state index contributed by atoms with van der Waals surface area (Å²) in [6.07, 6.45) is 3.80. The molecular weight excluding hydrogens is 236 g/mol. The zero-order chi connectivity index (χ0) is 13.2. The number of nitrogens with one attached hydrogen (secondary N) is 1. The van der Waals surface area contributed by atoms with Gasteiger partial charge >= 0.3 is 0 Å². The first-order valence-electron chi connectivity index (χ1n) is 6.21. The van der Waals surface area contributed by atoms with E-state index in [4.69, 9.17) is 5.84 Å². The average molecular weight is 252 g/mol. The summed E-state index contributed by atoms with van der Waals surface area (Å²) >= 11 is 0. The molecule has 0 spiro atoms. The van der Waals surface area contributed by atoms with Crippen molar-refractivity contribution in [1.82, 2.24) is 15.2 Å². The number of hydrazine groups is 1. The normalized spacial score (nSPS) is 12.7. The van der Waals surface area contributed by atoms with Gasteiger partial charge in [0, 0.05) is 18.8 Å². The number of rotatable bonds is 3. The summed E-state index contributed by atoms with van der Waals surface area (Å²) in [5.41, 5.74) is 5.05. The molecule has 19 heavy (non-hydrogen) atoms. The Hall–Kier alpha value is -2.17. The highest BCUT2D eigenvalue weighted by Gasteiger charge is 2.14. The monoisotopic (exact) mass is 252 g/mol. The van der Waals surface area contributed by atoms with Gasteiger partial charge in [-0.1, -0.05) is 36.4 Å². The number of aryl methyl sites for hydroxylation is 1. The summed E-state index contributed by atoms with van der Waals surface area (Å²) in [5.74, 6) is 5.70. The Bertz CT molecular complexity index is 702. The molecule has 0 radical (unpaired) electrons. The minimum atomic E-state index is -0.0432. The van der Waals surface area contributed by atoms with Crippen LogP contribution in [0.5, 0.6) is 0 Å². The molecule has 0 saturated carbocycles. The van der Waals surface area contributed by atoms with Crippen LogP contribution in [0, 0.1) is 0 Å². The van der Waals surface area contributed by atoms with E-state index in [2.05, 4.69) is 40.9 Å². The molecule has 0 amide bonds. The van der Waals surface area contributed by atoms with E-state index in [1.807, 2.05) is 31.6 Å². The SMILES string of the molecule is Cn1cc(C(NN)c2ccc3ccccc3c2)cn1. The molecular formula is C15H16N4. The molecule has 2 aromatic carbocycles. The fourth-order valence-electron chi connectivity index (χ4n) is 2.36. The number of hydrogen-bond acceptors (Lipinski definition) is 3. The van der Waals surface area contributed by atoms with Crippen LogP contribution in [0.1, 0.15) is 17.2 Å². The molecule has 4 nitrogen and oxygen atoms in total. The van der Waals surface area contributed by atoms with E-state index in [1.165, 1.54) is 10.8 Å². The van der Waals surface area contributed by atoms with Crippen molar-refractivity contribution < 1.29 is 0 Å². The van der Waals surface area contributed by atoms with Gasteiger partial charge in [0.2, 0.25) is 0 Å². The Kier molecular flexibility index (Phi) is 3.03. The molecule has 1 unspecified atom stereocenters. The quantitative estimate of drug-likeness (QED) is 0.554. The maximum atomic E-state index is 5.70. The minimum absolute atomic E-state index is 0.0432. The van der Waals surface area contributed by atoms with E-state index in [-0.39, 0.29) is 6.04 Å². The first kappa shape index (κ1) is 11.9. The van der Waals surface area contributed by atoms with Crippen LogP contribution in [-0.2, 0) is 7.05 Å². The van der Waals surface area contributed by atoms with Crippen molar-refractivity contribution in [3.05, 3.63) is 66.0 Å². The minimum Gasteiger partial charge on any atom is -0.275 e. The van der Waals surface area contributed by atoms with Gasteiger partial charge in [0.1, 0.15) is 0 Å². The molecule has 4 heteroatoms. The molecule has 96 valence electrons. The van der Waals surface area contributed by atoms with E-state index < -0.39 is 0 Å². The Labute approximate surface area is 111 Å². The second kappa shape index (κ2) is 4.84. The van der Waals surface area contributed by atoms with Crippen LogP contribution in [0.25, 0.3) is 10.8 Å². The van der Waals surface area contributed by atoms with Gasteiger partial charge in [0.15, 0.2) is 0 Å². The second-order valence-corrected chi connectivity index (χ2v) is 4.65. The number of nitrogens with zero attached hydrogens (tertiary/aromatic N) is 2. The van der Waals surface area contributed by atoms with Crippen LogP contribution in [0.15, 0.2) is 54.9 Å².